The van der Waals surface area contributed by atoms with Gasteiger partial charge >= 0.3 is 0 Å². The first-order chi connectivity index (χ1) is 10.0. The fraction of sp³-hybridized carbons (Fsp3) is 0.588. The van der Waals surface area contributed by atoms with Crippen molar-refractivity contribution in [3.05, 3.63) is 29.8 Å². The number of carbonyl (C=O) groups is 1. The quantitative estimate of drug-likeness (QED) is 0.683. The second kappa shape index (κ2) is 9.85. The van der Waals surface area contributed by atoms with Gasteiger partial charge in [0.05, 0.1) is 0 Å². The summed E-state index contributed by atoms with van der Waals surface area (Å²) in [6.45, 7) is 9.38. The van der Waals surface area contributed by atoms with Gasteiger partial charge in [0, 0.05) is 29.2 Å². The molecule has 0 aliphatic rings. The van der Waals surface area contributed by atoms with E-state index in [0.717, 1.165) is 18.7 Å². The molecule has 0 spiro atoms. The van der Waals surface area contributed by atoms with Gasteiger partial charge in [-0.15, -0.1) is 11.8 Å². The van der Waals surface area contributed by atoms with Gasteiger partial charge in [-0.05, 0) is 51.4 Å². The number of carbonyl (C=O) groups excluding carboxylic acids is 1. The lowest BCUT2D eigenvalue weighted by molar-refractivity contribution is -0.121. The molecule has 21 heavy (non-hydrogen) atoms. The van der Waals surface area contributed by atoms with E-state index in [2.05, 4.69) is 48.7 Å². The zero-order valence-corrected chi connectivity index (χ0v) is 14.4. The average molecular weight is 308 g/mol. The molecule has 0 heterocycles. The Morgan fingerprint density at radius 3 is 2.43 bits per heavy atom. The summed E-state index contributed by atoms with van der Waals surface area (Å²) in [5, 5.41) is 6.40. The largest absolute Gasteiger partial charge is 0.354 e. The number of nitrogens with one attached hydrogen (secondary N) is 2. The highest BCUT2D eigenvalue weighted by atomic mass is 32.2. The topological polar surface area (TPSA) is 41.1 Å². The molecule has 1 aromatic rings. The first-order valence-corrected chi connectivity index (χ1v) is 8.77. The molecule has 0 aliphatic heterocycles. The Bertz CT molecular complexity index is 417. The Morgan fingerprint density at radius 2 is 1.86 bits per heavy atom. The molecule has 0 aliphatic carbocycles. The standard InChI is InChI=1S/C17H28N2OS/c1-5-11-18-14(4)15-6-8-16(9-7-15)21-12-10-17(20)19-13(2)3/h6-9,13-14,18H,5,10-12H2,1-4H3,(H,19,20). The van der Waals surface area contributed by atoms with Crippen LogP contribution in [0.5, 0.6) is 0 Å². The van der Waals surface area contributed by atoms with Crippen molar-refractivity contribution in [2.75, 3.05) is 12.3 Å². The normalized spacial score (nSPS) is 12.4. The highest BCUT2D eigenvalue weighted by Crippen LogP contribution is 2.21. The molecule has 118 valence electrons. The Hall–Kier alpha value is -1.00. The van der Waals surface area contributed by atoms with Crippen LogP contribution in [-0.4, -0.2) is 24.2 Å². The monoisotopic (exact) mass is 308 g/mol. The summed E-state index contributed by atoms with van der Waals surface area (Å²) >= 11 is 1.73. The lowest BCUT2D eigenvalue weighted by atomic mass is 10.1. The predicted molar refractivity (Wildman–Crippen MR) is 91.8 cm³/mol. The Balaban J connectivity index is 2.35. The number of benzene rings is 1. The molecule has 2 N–H and O–H groups in total. The van der Waals surface area contributed by atoms with E-state index in [-0.39, 0.29) is 11.9 Å². The van der Waals surface area contributed by atoms with Gasteiger partial charge in [-0.2, -0.15) is 0 Å². The zero-order valence-electron chi connectivity index (χ0n) is 13.6. The highest BCUT2D eigenvalue weighted by molar-refractivity contribution is 7.99. The van der Waals surface area contributed by atoms with Gasteiger partial charge in [-0.1, -0.05) is 19.1 Å². The Kier molecular flexibility index (Phi) is 8.47. The predicted octanol–water partition coefficient (Wildman–Crippen LogP) is 3.75. The maximum atomic E-state index is 11.6. The molecule has 3 nitrogen and oxygen atoms in total. The number of hydrogen-bond acceptors (Lipinski definition) is 3. The minimum atomic E-state index is 0.131. The minimum absolute atomic E-state index is 0.131. The van der Waals surface area contributed by atoms with Crippen LogP contribution in [0, 0.1) is 0 Å². The highest BCUT2D eigenvalue weighted by Gasteiger charge is 2.05. The number of thioether (sulfide) groups is 1. The van der Waals surface area contributed by atoms with E-state index >= 15 is 0 Å². The Morgan fingerprint density at radius 1 is 1.19 bits per heavy atom. The van der Waals surface area contributed by atoms with Crippen LogP contribution in [0.2, 0.25) is 0 Å². The van der Waals surface area contributed by atoms with Gasteiger partial charge in [-0.3, -0.25) is 4.79 Å². The summed E-state index contributed by atoms with van der Waals surface area (Å²) in [6.07, 6.45) is 1.72. The first kappa shape index (κ1) is 18.1. The van der Waals surface area contributed by atoms with E-state index in [1.165, 1.54) is 10.5 Å². The van der Waals surface area contributed by atoms with Crippen LogP contribution in [0.15, 0.2) is 29.2 Å². The molecule has 4 heteroatoms. The third-order valence-electron chi connectivity index (χ3n) is 3.13. The summed E-state index contributed by atoms with van der Waals surface area (Å²) in [7, 11) is 0. The summed E-state index contributed by atoms with van der Waals surface area (Å²) < 4.78 is 0. The fourth-order valence-electron chi connectivity index (χ4n) is 1.99. The van der Waals surface area contributed by atoms with Crippen molar-refractivity contribution >= 4 is 17.7 Å². The van der Waals surface area contributed by atoms with Gasteiger partial charge in [0.1, 0.15) is 0 Å². The van der Waals surface area contributed by atoms with Gasteiger partial charge in [0.25, 0.3) is 0 Å². The smallest absolute Gasteiger partial charge is 0.221 e. The zero-order chi connectivity index (χ0) is 15.7. The van der Waals surface area contributed by atoms with Crippen molar-refractivity contribution in [3.63, 3.8) is 0 Å². The summed E-state index contributed by atoms with van der Waals surface area (Å²) in [5.74, 6) is 0.952. The van der Waals surface area contributed by atoms with Crippen molar-refractivity contribution in [2.24, 2.45) is 0 Å². The average Bonchev–Trinajstić information content (AvgIpc) is 2.44. The van der Waals surface area contributed by atoms with Gasteiger partial charge < -0.3 is 10.6 Å². The lowest BCUT2D eigenvalue weighted by Crippen LogP contribution is -2.30. The summed E-state index contributed by atoms with van der Waals surface area (Å²) in [4.78, 5) is 12.8. The van der Waals surface area contributed by atoms with E-state index in [0.29, 0.717) is 12.5 Å². The molecule has 0 fully saturated rings. The molecule has 1 unspecified atom stereocenters. The molecule has 1 amide bonds. The second-order valence-electron chi connectivity index (χ2n) is 5.57. The maximum absolute atomic E-state index is 11.6. The molecule has 0 aromatic heterocycles. The Labute approximate surface area is 133 Å². The molecule has 0 radical (unpaired) electrons. The van der Waals surface area contributed by atoms with Crippen LogP contribution in [0.25, 0.3) is 0 Å². The molecule has 1 atom stereocenters. The van der Waals surface area contributed by atoms with Crippen LogP contribution >= 0.6 is 11.8 Å². The van der Waals surface area contributed by atoms with Crippen molar-refractivity contribution in [1.82, 2.24) is 10.6 Å². The summed E-state index contributed by atoms with van der Waals surface area (Å²) in [5.41, 5.74) is 1.31. The van der Waals surface area contributed by atoms with E-state index in [1.807, 2.05) is 13.8 Å². The van der Waals surface area contributed by atoms with Gasteiger partial charge in [0.2, 0.25) is 5.91 Å². The maximum Gasteiger partial charge on any atom is 0.221 e. The molecule has 0 saturated carbocycles. The van der Waals surface area contributed by atoms with Crippen molar-refractivity contribution in [3.8, 4) is 0 Å². The van der Waals surface area contributed by atoms with E-state index in [4.69, 9.17) is 0 Å². The van der Waals surface area contributed by atoms with Crippen molar-refractivity contribution < 1.29 is 4.79 Å². The molecular weight excluding hydrogens is 280 g/mol. The number of rotatable bonds is 9. The van der Waals surface area contributed by atoms with Crippen molar-refractivity contribution in [2.45, 2.75) is 57.5 Å². The van der Waals surface area contributed by atoms with Crippen LogP contribution in [0.3, 0.4) is 0 Å². The molecule has 1 rings (SSSR count). The second-order valence-corrected chi connectivity index (χ2v) is 6.73. The SMILES string of the molecule is CCCNC(C)c1ccc(SCCC(=O)NC(C)C)cc1. The molecule has 0 bridgehead atoms. The fourth-order valence-corrected chi connectivity index (χ4v) is 2.84. The van der Waals surface area contributed by atoms with Crippen LogP contribution in [0.1, 0.15) is 52.1 Å². The summed E-state index contributed by atoms with van der Waals surface area (Å²) in [6, 6.07) is 9.24. The lowest BCUT2D eigenvalue weighted by Gasteiger charge is -2.14. The molecule has 1 aromatic carbocycles. The molecular formula is C17H28N2OS. The van der Waals surface area contributed by atoms with E-state index in [9.17, 15) is 4.79 Å². The number of hydrogen-bond donors (Lipinski definition) is 2. The van der Waals surface area contributed by atoms with Crippen LogP contribution < -0.4 is 10.6 Å². The van der Waals surface area contributed by atoms with Crippen LogP contribution in [0.4, 0.5) is 0 Å². The van der Waals surface area contributed by atoms with E-state index < -0.39 is 0 Å². The third-order valence-corrected chi connectivity index (χ3v) is 4.14. The van der Waals surface area contributed by atoms with Crippen molar-refractivity contribution in [1.29, 1.82) is 0 Å². The first-order valence-electron chi connectivity index (χ1n) is 7.78. The van der Waals surface area contributed by atoms with Crippen LogP contribution in [-0.2, 0) is 4.79 Å². The van der Waals surface area contributed by atoms with Gasteiger partial charge in [-0.25, -0.2) is 0 Å². The van der Waals surface area contributed by atoms with Gasteiger partial charge in [0.15, 0.2) is 0 Å². The third kappa shape index (κ3) is 7.53. The van der Waals surface area contributed by atoms with E-state index in [1.54, 1.807) is 11.8 Å². The minimum Gasteiger partial charge on any atom is -0.354 e. The molecule has 0 saturated heterocycles. The number of amides is 1.